The molecule has 0 aliphatic carbocycles. The molecule has 0 radical (unpaired) electrons. The molecule has 0 amide bonds. The van der Waals surface area contributed by atoms with Crippen molar-refractivity contribution >= 4 is 26.7 Å². The van der Waals surface area contributed by atoms with Crippen molar-refractivity contribution in [1.29, 1.82) is 0 Å². The quantitative estimate of drug-likeness (QED) is 0.693. The molecule has 0 aromatic rings. The third-order valence-corrected chi connectivity index (χ3v) is 5.33. The van der Waals surface area contributed by atoms with Crippen molar-refractivity contribution in [2.45, 2.75) is 31.8 Å². The van der Waals surface area contributed by atoms with Gasteiger partial charge in [-0.1, -0.05) is 0 Å². The van der Waals surface area contributed by atoms with Crippen LogP contribution in [-0.2, 0) is 14.6 Å². The van der Waals surface area contributed by atoms with Crippen molar-refractivity contribution in [1.82, 2.24) is 4.90 Å². The number of hydrogen-bond acceptors (Lipinski definition) is 4. The molecule has 1 saturated heterocycles. The van der Waals surface area contributed by atoms with Crippen LogP contribution < -0.4 is 0 Å². The molecule has 0 bridgehead atoms. The van der Waals surface area contributed by atoms with Gasteiger partial charge in [-0.3, -0.25) is 9.69 Å². The minimum Gasteiger partial charge on any atom is -0.289 e. The molecule has 1 atom stereocenters. The number of nitrogens with zero attached hydrogens (tertiary/aromatic N) is 1. The fourth-order valence-electron chi connectivity index (χ4n) is 1.68. The molecule has 1 aliphatic rings. The number of rotatable bonds is 3. The SMILES string of the molecule is CN(C1CCS(=O)(=O)C1)C(C)(C)C(=O)Cl. The Balaban J connectivity index is 2.79. The third kappa shape index (κ3) is 2.71. The molecule has 0 aromatic carbocycles. The molecule has 1 rings (SSSR count). The molecule has 1 heterocycles. The van der Waals surface area contributed by atoms with Crippen LogP contribution in [0.15, 0.2) is 0 Å². The lowest BCUT2D eigenvalue weighted by atomic mass is 10.0. The van der Waals surface area contributed by atoms with Crippen LogP contribution in [0.1, 0.15) is 20.3 Å². The number of sulfone groups is 1. The molecule has 0 N–H and O–H groups in total. The summed E-state index contributed by atoms with van der Waals surface area (Å²) < 4.78 is 22.6. The van der Waals surface area contributed by atoms with Gasteiger partial charge in [-0.05, 0) is 38.9 Å². The summed E-state index contributed by atoms with van der Waals surface area (Å²) in [6.07, 6.45) is 0.576. The molecular formula is C9H16ClNO3S. The highest BCUT2D eigenvalue weighted by Gasteiger charge is 2.39. The van der Waals surface area contributed by atoms with Crippen LogP contribution >= 0.6 is 11.6 Å². The summed E-state index contributed by atoms with van der Waals surface area (Å²) in [6.45, 7) is 3.40. The van der Waals surface area contributed by atoms with Crippen molar-refractivity contribution in [3.63, 3.8) is 0 Å². The average molecular weight is 254 g/mol. The smallest absolute Gasteiger partial charge is 0.241 e. The van der Waals surface area contributed by atoms with E-state index >= 15 is 0 Å². The van der Waals surface area contributed by atoms with Gasteiger partial charge in [0.1, 0.15) is 0 Å². The van der Waals surface area contributed by atoms with Gasteiger partial charge >= 0.3 is 0 Å². The summed E-state index contributed by atoms with van der Waals surface area (Å²) in [6, 6.07) is -0.104. The maximum atomic E-state index is 11.3. The lowest BCUT2D eigenvalue weighted by Crippen LogP contribution is -2.51. The van der Waals surface area contributed by atoms with Gasteiger partial charge in [0.15, 0.2) is 9.84 Å². The summed E-state index contributed by atoms with van der Waals surface area (Å²) in [5.41, 5.74) is -0.813. The lowest BCUT2D eigenvalue weighted by molar-refractivity contribution is -0.121. The van der Waals surface area contributed by atoms with Crippen LogP contribution in [0, 0.1) is 0 Å². The predicted octanol–water partition coefficient (Wildman–Crippen LogP) is 0.649. The fourth-order valence-corrected chi connectivity index (χ4v) is 3.58. The van der Waals surface area contributed by atoms with Crippen LogP contribution in [0.5, 0.6) is 0 Å². The number of hydrogen-bond donors (Lipinski definition) is 0. The Morgan fingerprint density at radius 2 is 2.00 bits per heavy atom. The van der Waals surface area contributed by atoms with Crippen LogP contribution in [0.3, 0.4) is 0 Å². The van der Waals surface area contributed by atoms with Crippen molar-refractivity contribution in [2.24, 2.45) is 0 Å². The van der Waals surface area contributed by atoms with Crippen molar-refractivity contribution in [3.05, 3.63) is 0 Å². The number of carbonyl (C=O) groups excluding carboxylic acids is 1. The zero-order chi connectivity index (χ0) is 11.9. The van der Waals surface area contributed by atoms with E-state index in [9.17, 15) is 13.2 Å². The third-order valence-electron chi connectivity index (χ3n) is 3.12. The number of carbonyl (C=O) groups is 1. The van der Waals surface area contributed by atoms with Crippen LogP contribution in [0.4, 0.5) is 0 Å². The maximum Gasteiger partial charge on any atom is 0.241 e. The molecule has 88 valence electrons. The molecule has 1 fully saturated rings. The highest BCUT2D eigenvalue weighted by Crippen LogP contribution is 2.25. The highest BCUT2D eigenvalue weighted by atomic mass is 35.5. The van der Waals surface area contributed by atoms with Crippen LogP contribution in [-0.4, -0.2) is 48.7 Å². The molecule has 4 nitrogen and oxygen atoms in total. The van der Waals surface area contributed by atoms with Gasteiger partial charge in [-0.15, -0.1) is 0 Å². The first-order chi connectivity index (χ1) is 6.67. The van der Waals surface area contributed by atoms with Crippen LogP contribution in [0.25, 0.3) is 0 Å². The molecule has 1 aliphatic heterocycles. The van der Waals surface area contributed by atoms with Gasteiger partial charge in [0, 0.05) is 6.04 Å². The number of likely N-dealkylation sites (N-methyl/N-ethyl adjacent to an activating group) is 1. The Kier molecular flexibility index (Phi) is 3.48. The maximum absolute atomic E-state index is 11.3. The Morgan fingerprint density at radius 1 is 1.47 bits per heavy atom. The Morgan fingerprint density at radius 3 is 2.33 bits per heavy atom. The van der Waals surface area contributed by atoms with E-state index in [0.717, 1.165) is 0 Å². The first-order valence-electron chi connectivity index (χ1n) is 4.80. The summed E-state index contributed by atoms with van der Waals surface area (Å²) >= 11 is 5.48. The average Bonchev–Trinajstić information content (AvgIpc) is 2.44. The first-order valence-corrected chi connectivity index (χ1v) is 7.00. The summed E-state index contributed by atoms with van der Waals surface area (Å²) in [5, 5.41) is -0.464. The minimum atomic E-state index is -2.92. The van der Waals surface area contributed by atoms with E-state index in [1.54, 1.807) is 25.8 Å². The van der Waals surface area contributed by atoms with E-state index < -0.39 is 20.6 Å². The molecule has 0 saturated carbocycles. The summed E-state index contributed by atoms with van der Waals surface area (Å²) in [4.78, 5) is 13.0. The molecule has 0 spiro atoms. The van der Waals surface area contributed by atoms with Crippen molar-refractivity contribution < 1.29 is 13.2 Å². The first kappa shape index (κ1) is 12.9. The second-order valence-electron chi connectivity index (χ2n) is 4.50. The second kappa shape index (κ2) is 4.03. The Labute approximate surface area is 95.5 Å². The topological polar surface area (TPSA) is 54.5 Å². The molecular weight excluding hydrogens is 238 g/mol. The van der Waals surface area contributed by atoms with E-state index in [4.69, 9.17) is 11.6 Å². The standard InChI is InChI=1S/C9H16ClNO3S/c1-9(2,8(10)12)11(3)7-4-5-15(13,14)6-7/h7H,4-6H2,1-3H3. The molecule has 0 aromatic heterocycles. The van der Waals surface area contributed by atoms with Gasteiger partial charge in [-0.2, -0.15) is 0 Å². The Hall–Kier alpha value is -0.130. The normalized spacial score (nSPS) is 25.8. The van der Waals surface area contributed by atoms with Gasteiger partial charge < -0.3 is 0 Å². The van der Waals surface area contributed by atoms with Gasteiger partial charge in [-0.25, -0.2) is 8.42 Å². The van der Waals surface area contributed by atoms with Crippen LogP contribution in [0.2, 0.25) is 0 Å². The largest absolute Gasteiger partial charge is 0.289 e. The van der Waals surface area contributed by atoms with E-state index in [-0.39, 0.29) is 17.5 Å². The highest BCUT2D eigenvalue weighted by molar-refractivity contribution is 7.91. The van der Waals surface area contributed by atoms with E-state index in [1.165, 1.54) is 0 Å². The van der Waals surface area contributed by atoms with Crippen molar-refractivity contribution in [2.75, 3.05) is 18.6 Å². The van der Waals surface area contributed by atoms with E-state index in [1.807, 2.05) is 0 Å². The molecule has 15 heavy (non-hydrogen) atoms. The zero-order valence-corrected chi connectivity index (χ0v) is 10.7. The van der Waals surface area contributed by atoms with Gasteiger partial charge in [0.2, 0.25) is 5.24 Å². The monoisotopic (exact) mass is 253 g/mol. The number of halogens is 1. The lowest BCUT2D eigenvalue weighted by Gasteiger charge is -2.36. The fraction of sp³-hybridized carbons (Fsp3) is 0.889. The second-order valence-corrected chi connectivity index (χ2v) is 7.07. The van der Waals surface area contributed by atoms with Gasteiger partial charge in [0.05, 0.1) is 17.0 Å². The summed E-state index contributed by atoms with van der Waals surface area (Å²) in [5.74, 6) is 0.325. The van der Waals surface area contributed by atoms with E-state index in [0.29, 0.717) is 6.42 Å². The minimum absolute atomic E-state index is 0.104. The van der Waals surface area contributed by atoms with Crippen molar-refractivity contribution in [3.8, 4) is 0 Å². The van der Waals surface area contributed by atoms with E-state index in [2.05, 4.69) is 0 Å². The molecule has 6 heteroatoms. The predicted molar refractivity (Wildman–Crippen MR) is 59.8 cm³/mol. The zero-order valence-electron chi connectivity index (χ0n) is 9.16. The van der Waals surface area contributed by atoms with Gasteiger partial charge in [0.25, 0.3) is 0 Å². The summed E-state index contributed by atoms with van der Waals surface area (Å²) in [7, 11) is -1.18. The molecule has 1 unspecified atom stereocenters. The Bertz CT molecular complexity index is 364.